The van der Waals surface area contributed by atoms with Crippen LogP contribution in [0.25, 0.3) is 11.0 Å². The number of nitrogens with one attached hydrogen (secondary N) is 1. The number of carbonyl (C=O) groups is 3. The van der Waals surface area contributed by atoms with Crippen molar-refractivity contribution in [2.24, 2.45) is 20.7 Å². The molecule has 2 aromatic carbocycles. The summed E-state index contributed by atoms with van der Waals surface area (Å²) in [6, 6.07) is 9.47. The maximum absolute atomic E-state index is 13.7. The summed E-state index contributed by atoms with van der Waals surface area (Å²) in [5.74, 6) is -2.91. The fourth-order valence-electron chi connectivity index (χ4n) is 4.67. The Balaban J connectivity index is 1.46. The molecule has 0 saturated carbocycles. The van der Waals surface area contributed by atoms with Crippen molar-refractivity contribution in [1.29, 1.82) is 0 Å². The van der Waals surface area contributed by atoms with Crippen molar-refractivity contribution in [2.45, 2.75) is 43.7 Å². The summed E-state index contributed by atoms with van der Waals surface area (Å²) in [6.07, 6.45) is -2.30. The SMILES string of the molecule is O=COn1cnc2c(C(=O)N[C@H]3CCCCN(C4(Cc5ccccc5)N=NN=N4)C3=O)cc(C(F)(F)F)cc21. The Hall–Kier alpha value is -4.69. The highest BCUT2D eigenvalue weighted by atomic mass is 19.4. The van der Waals surface area contributed by atoms with E-state index in [-0.39, 0.29) is 36.9 Å². The van der Waals surface area contributed by atoms with Crippen LogP contribution in [0.3, 0.4) is 0 Å². The zero-order valence-corrected chi connectivity index (χ0v) is 20.2. The van der Waals surface area contributed by atoms with Crippen molar-refractivity contribution < 1.29 is 32.4 Å². The molecule has 0 unspecified atom stereocenters. The number of hydrogen-bond donors (Lipinski definition) is 1. The minimum absolute atomic E-state index is 0.0168. The first-order valence-corrected chi connectivity index (χ1v) is 11.9. The van der Waals surface area contributed by atoms with Gasteiger partial charge in [-0.3, -0.25) is 19.3 Å². The maximum Gasteiger partial charge on any atom is 0.416 e. The van der Waals surface area contributed by atoms with Gasteiger partial charge in [0.15, 0.2) is 0 Å². The van der Waals surface area contributed by atoms with E-state index in [9.17, 15) is 27.6 Å². The molecular weight excluding hydrogens is 521 g/mol. The third-order valence-corrected chi connectivity index (χ3v) is 6.51. The number of hydrogen-bond acceptors (Lipinski definition) is 9. The second-order valence-electron chi connectivity index (χ2n) is 8.99. The van der Waals surface area contributed by atoms with Gasteiger partial charge in [-0.15, -0.1) is 10.2 Å². The number of carbonyl (C=O) groups excluding carboxylic acids is 3. The largest absolute Gasteiger partial charge is 0.416 e. The van der Waals surface area contributed by atoms with Crippen LogP contribution in [-0.4, -0.2) is 51.3 Å². The predicted octanol–water partition coefficient (Wildman–Crippen LogP) is 3.48. The Kier molecular flexibility index (Phi) is 6.80. The number of benzene rings is 2. The van der Waals surface area contributed by atoms with E-state index in [0.29, 0.717) is 25.0 Å². The minimum atomic E-state index is -4.81. The van der Waals surface area contributed by atoms with E-state index < -0.39 is 40.9 Å². The maximum atomic E-state index is 13.7. The lowest BCUT2D eigenvalue weighted by molar-refractivity contribution is -0.139. The van der Waals surface area contributed by atoms with E-state index in [1.165, 1.54) is 4.90 Å². The van der Waals surface area contributed by atoms with Crippen LogP contribution >= 0.6 is 0 Å². The molecule has 1 aromatic heterocycles. The summed E-state index contributed by atoms with van der Waals surface area (Å²) < 4.78 is 41.6. The smallest absolute Gasteiger partial charge is 0.340 e. The monoisotopic (exact) mass is 542 g/mol. The Morgan fingerprint density at radius 2 is 1.90 bits per heavy atom. The van der Waals surface area contributed by atoms with Gasteiger partial charge in [-0.2, -0.15) is 17.9 Å². The number of likely N-dealkylation sites (tertiary alicyclic amines) is 1. The van der Waals surface area contributed by atoms with Crippen molar-refractivity contribution in [1.82, 2.24) is 19.9 Å². The zero-order chi connectivity index (χ0) is 27.6. The lowest BCUT2D eigenvalue weighted by Gasteiger charge is -2.35. The molecule has 2 aliphatic rings. The highest BCUT2D eigenvalue weighted by Crippen LogP contribution is 2.34. The van der Waals surface area contributed by atoms with Gasteiger partial charge < -0.3 is 10.2 Å². The fraction of sp³-hybridized carbons (Fsp3) is 0.333. The molecule has 1 saturated heterocycles. The molecule has 2 aliphatic heterocycles. The molecule has 0 bridgehead atoms. The first kappa shape index (κ1) is 25.9. The molecule has 1 fully saturated rings. The van der Waals surface area contributed by atoms with Crippen molar-refractivity contribution in [3.05, 3.63) is 65.5 Å². The van der Waals surface area contributed by atoms with Crippen LogP contribution in [0.5, 0.6) is 0 Å². The first-order valence-electron chi connectivity index (χ1n) is 11.9. The molecule has 0 aliphatic carbocycles. The van der Waals surface area contributed by atoms with Gasteiger partial charge >= 0.3 is 12.6 Å². The molecular formula is C24H21F3N8O4. The number of imidazole rings is 1. The predicted molar refractivity (Wildman–Crippen MR) is 127 cm³/mol. The number of nitrogens with zero attached hydrogens (tertiary/aromatic N) is 7. The van der Waals surface area contributed by atoms with E-state index in [2.05, 4.69) is 35.8 Å². The van der Waals surface area contributed by atoms with Crippen LogP contribution in [-0.2, 0) is 22.2 Å². The van der Waals surface area contributed by atoms with Crippen molar-refractivity contribution >= 4 is 29.3 Å². The summed E-state index contributed by atoms with van der Waals surface area (Å²) in [5.41, 5.74) is -1.15. The molecule has 1 atom stereocenters. The lowest BCUT2D eigenvalue weighted by atomic mass is 10.0. The summed E-state index contributed by atoms with van der Waals surface area (Å²) in [4.78, 5) is 47.8. The molecule has 202 valence electrons. The van der Waals surface area contributed by atoms with Gasteiger partial charge in [0.25, 0.3) is 11.7 Å². The van der Waals surface area contributed by atoms with Crippen molar-refractivity contribution in [3.63, 3.8) is 0 Å². The number of aromatic nitrogens is 2. The molecule has 15 heteroatoms. The topological polar surface area (TPSA) is 143 Å². The van der Waals surface area contributed by atoms with Gasteiger partial charge in [-0.1, -0.05) is 30.3 Å². The molecule has 39 heavy (non-hydrogen) atoms. The number of fused-ring (bicyclic) bond motifs is 1. The van der Waals surface area contributed by atoms with E-state index >= 15 is 0 Å². The average molecular weight is 542 g/mol. The lowest BCUT2D eigenvalue weighted by Crippen LogP contribution is -2.56. The Morgan fingerprint density at radius 1 is 1.15 bits per heavy atom. The van der Waals surface area contributed by atoms with Gasteiger partial charge in [0.1, 0.15) is 23.4 Å². The van der Waals surface area contributed by atoms with Crippen LogP contribution in [0, 0.1) is 0 Å². The third-order valence-electron chi connectivity index (χ3n) is 6.51. The third kappa shape index (κ3) is 5.06. The summed E-state index contributed by atoms with van der Waals surface area (Å²) in [6.45, 7) is 0.278. The minimum Gasteiger partial charge on any atom is -0.340 e. The van der Waals surface area contributed by atoms with Crippen LogP contribution < -0.4 is 10.2 Å². The van der Waals surface area contributed by atoms with E-state index in [1.54, 1.807) is 0 Å². The van der Waals surface area contributed by atoms with Crippen LogP contribution in [0.4, 0.5) is 13.2 Å². The van der Waals surface area contributed by atoms with Crippen LogP contribution in [0.1, 0.15) is 40.7 Å². The summed E-state index contributed by atoms with van der Waals surface area (Å²) in [5, 5.41) is 18.2. The molecule has 3 aromatic rings. The van der Waals surface area contributed by atoms with Crippen LogP contribution in [0.2, 0.25) is 0 Å². The quantitative estimate of drug-likeness (QED) is 0.455. The molecule has 5 rings (SSSR count). The molecule has 0 radical (unpaired) electrons. The molecule has 2 amide bonds. The molecule has 3 heterocycles. The van der Waals surface area contributed by atoms with E-state index in [1.807, 2.05) is 30.3 Å². The van der Waals surface area contributed by atoms with Gasteiger partial charge in [0.2, 0.25) is 5.91 Å². The van der Waals surface area contributed by atoms with Gasteiger partial charge in [-0.25, -0.2) is 4.98 Å². The number of rotatable bonds is 7. The number of alkyl halides is 3. The Morgan fingerprint density at radius 3 is 2.59 bits per heavy atom. The van der Waals surface area contributed by atoms with E-state index in [0.717, 1.165) is 16.6 Å². The van der Waals surface area contributed by atoms with Crippen molar-refractivity contribution in [2.75, 3.05) is 6.54 Å². The molecule has 12 nitrogen and oxygen atoms in total. The highest BCUT2D eigenvalue weighted by Gasteiger charge is 2.46. The average Bonchev–Trinajstić information content (AvgIpc) is 3.50. The Bertz CT molecular complexity index is 1460. The zero-order valence-electron chi connectivity index (χ0n) is 20.2. The van der Waals surface area contributed by atoms with Crippen molar-refractivity contribution in [3.8, 4) is 0 Å². The first-order chi connectivity index (χ1) is 18.7. The van der Waals surface area contributed by atoms with Gasteiger partial charge in [0, 0.05) is 13.0 Å². The normalized spacial score (nSPS) is 18.8. The second-order valence-corrected chi connectivity index (χ2v) is 8.99. The van der Waals surface area contributed by atoms with E-state index in [4.69, 9.17) is 0 Å². The molecule has 1 N–H and O–H groups in total. The summed E-state index contributed by atoms with van der Waals surface area (Å²) >= 11 is 0. The standard InChI is InChI=1S/C24H21F3N8O4/c25-24(26,27)16-10-17(20-19(11-16)35(13-28-20)39-14-36)21(37)29-18-8-4-5-9-34(22(18)38)23(30-32-33-31-23)12-15-6-2-1-3-7-15/h1-3,6-7,10-11,13-14,18H,4-5,8-9,12H2,(H,29,37)/t18-/m0/s1. The Labute approximate surface area is 218 Å². The summed E-state index contributed by atoms with van der Waals surface area (Å²) in [7, 11) is 0. The fourth-order valence-corrected chi connectivity index (χ4v) is 4.67. The van der Waals surface area contributed by atoms with Gasteiger partial charge in [-0.05, 0) is 47.4 Å². The highest BCUT2D eigenvalue weighted by molar-refractivity contribution is 6.06. The number of amides is 2. The van der Waals surface area contributed by atoms with Crippen LogP contribution in [0.15, 0.2) is 69.5 Å². The second kappa shape index (κ2) is 10.2. The molecule has 0 spiro atoms. The van der Waals surface area contributed by atoms with Gasteiger partial charge in [0.05, 0.1) is 11.1 Å². The number of halogens is 3.